The van der Waals surface area contributed by atoms with Gasteiger partial charge in [0.1, 0.15) is 12.1 Å². The maximum Gasteiger partial charge on any atom is 0.246 e. The van der Waals surface area contributed by atoms with E-state index in [2.05, 4.69) is 5.32 Å². The van der Waals surface area contributed by atoms with Gasteiger partial charge in [0.25, 0.3) is 0 Å². The van der Waals surface area contributed by atoms with Crippen LogP contribution in [0.3, 0.4) is 0 Å². The number of amides is 2. The van der Waals surface area contributed by atoms with Crippen LogP contribution in [-0.4, -0.2) is 49.1 Å². The second kappa shape index (κ2) is 8.25. The summed E-state index contributed by atoms with van der Waals surface area (Å²) in [6.45, 7) is 7.29. The number of piperazine rings is 1. The van der Waals surface area contributed by atoms with E-state index < -0.39 is 0 Å². The quantitative estimate of drug-likeness (QED) is 0.688. The van der Waals surface area contributed by atoms with Crippen molar-refractivity contribution in [1.29, 1.82) is 0 Å². The van der Waals surface area contributed by atoms with Gasteiger partial charge in [-0.3, -0.25) is 9.59 Å². The molecule has 116 valence electrons. The Bertz CT molecular complexity index is 333. The first-order valence-electron chi connectivity index (χ1n) is 7.66. The van der Waals surface area contributed by atoms with Crippen LogP contribution in [0.4, 0.5) is 0 Å². The van der Waals surface area contributed by atoms with Crippen molar-refractivity contribution in [2.45, 2.75) is 58.5 Å². The molecule has 0 saturated carbocycles. The summed E-state index contributed by atoms with van der Waals surface area (Å²) < 4.78 is 5.05. The maximum atomic E-state index is 12.6. The van der Waals surface area contributed by atoms with Gasteiger partial charge >= 0.3 is 0 Å². The monoisotopic (exact) mass is 284 g/mol. The molecule has 0 aromatic rings. The van der Waals surface area contributed by atoms with Gasteiger partial charge in [-0.2, -0.15) is 0 Å². The molecule has 1 N–H and O–H groups in total. The van der Waals surface area contributed by atoms with Gasteiger partial charge in [0, 0.05) is 20.3 Å². The molecule has 5 nitrogen and oxygen atoms in total. The van der Waals surface area contributed by atoms with Crippen LogP contribution in [0.2, 0.25) is 0 Å². The normalized spacial score (nSPS) is 24.7. The van der Waals surface area contributed by atoms with Crippen molar-refractivity contribution in [2.75, 3.05) is 20.3 Å². The number of hydrogen-bond donors (Lipinski definition) is 1. The molecule has 5 heteroatoms. The summed E-state index contributed by atoms with van der Waals surface area (Å²) in [6, 6.07) is -0.687. The summed E-state index contributed by atoms with van der Waals surface area (Å²) >= 11 is 0. The van der Waals surface area contributed by atoms with E-state index in [-0.39, 0.29) is 29.8 Å². The van der Waals surface area contributed by atoms with Crippen LogP contribution < -0.4 is 5.32 Å². The Morgan fingerprint density at radius 1 is 1.35 bits per heavy atom. The number of rotatable bonds is 8. The maximum absolute atomic E-state index is 12.6. The number of nitrogens with one attached hydrogen (secondary N) is 1. The molecular formula is C15H28N2O3. The topological polar surface area (TPSA) is 58.6 Å². The molecule has 0 radical (unpaired) electrons. The number of carbonyl (C=O) groups is 2. The molecule has 0 aromatic heterocycles. The first-order valence-corrected chi connectivity index (χ1v) is 7.66. The summed E-state index contributed by atoms with van der Waals surface area (Å²) in [5, 5.41) is 2.91. The van der Waals surface area contributed by atoms with E-state index in [1.54, 1.807) is 12.0 Å². The van der Waals surface area contributed by atoms with Gasteiger partial charge in [0.05, 0.1) is 0 Å². The van der Waals surface area contributed by atoms with E-state index in [1.165, 1.54) is 0 Å². The predicted octanol–water partition coefficient (Wildman–Crippen LogP) is 1.56. The minimum absolute atomic E-state index is 0.00540. The lowest BCUT2D eigenvalue weighted by Crippen LogP contribution is -2.65. The van der Waals surface area contributed by atoms with Crippen LogP contribution in [0.5, 0.6) is 0 Å². The fourth-order valence-electron chi connectivity index (χ4n) is 2.61. The van der Waals surface area contributed by atoms with Gasteiger partial charge in [-0.15, -0.1) is 0 Å². The van der Waals surface area contributed by atoms with Crippen LogP contribution in [0.15, 0.2) is 0 Å². The smallest absolute Gasteiger partial charge is 0.246 e. The van der Waals surface area contributed by atoms with Crippen LogP contribution in [0, 0.1) is 5.92 Å². The summed E-state index contributed by atoms with van der Waals surface area (Å²) in [5.41, 5.74) is 0. The van der Waals surface area contributed by atoms with Crippen molar-refractivity contribution in [3.05, 3.63) is 0 Å². The third-order valence-corrected chi connectivity index (χ3v) is 4.05. The van der Waals surface area contributed by atoms with E-state index in [0.29, 0.717) is 13.2 Å². The lowest BCUT2D eigenvalue weighted by Gasteiger charge is -2.40. The molecule has 3 unspecified atom stereocenters. The minimum atomic E-state index is -0.372. The van der Waals surface area contributed by atoms with Crippen molar-refractivity contribution in [2.24, 2.45) is 5.92 Å². The SMILES string of the molecule is CCCC1C(=O)NC(C(C)CC)C(=O)N1CCCOC. The Labute approximate surface area is 122 Å². The highest BCUT2D eigenvalue weighted by Gasteiger charge is 2.41. The third kappa shape index (κ3) is 3.95. The van der Waals surface area contributed by atoms with Gasteiger partial charge in [0.2, 0.25) is 11.8 Å². The molecule has 0 spiro atoms. The molecule has 3 atom stereocenters. The zero-order chi connectivity index (χ0) is 15.1. The van der Waals surface area contributed by atoms with Crippen molar-refractivity contribution in [1.82, 2.24) is 10.2 Å². The van der Waals surface area contributed by atoms with Gasteiger partial charge in [-0.25, -0.2) is 0 Å². The Morgan fingerprint density at radius 2 is 2.05 bits per heavy atom. The standard InChI is InChI=1S/C15H28N2O3/c1-5-8-12-14(18)16-13(11(3)6-2)15(19)17(12)9-7-10-20-4/h11-13H,5-10H2,1-4H3,(H,16,18). The van der Waals surface area contributed by atoms with E-state index in [4.69, 9.17) is 4.74 Å². The molecule has 0 aliphatic carbocycles. The molecular weight excluding hydrogens is 256 g/mol. The Kier molecular flexibility index (Phi) is 6.99. The van der Waals surface area contributed by atoms with Crippen molar-refractivity contribution < 1.29 is 14.3 Å². The van der Waals surface area contributed by atoms with E-state index in [0.717, 1.165) is 25.7 Å². The van der Waals surface area contributed by atoms with E-state index in [9.17, 15) is 9.59 Å². The Balaban J connectivity index is 2.83. The minimum Gasteiger partial charge on any atom is -0.385 e. The molecule has 1 rings (SSSR count). The average molecular weight is 284 g/mol. The van der Waals surface area contributed by atoms with Gasteiger partial charge in [0.15, 0.2) is 0 Å². The second-order valence-corrected chi connectivity index (χ2v) is 5.55. The number of methoxy groups -OCH3 is 1. The molecule has 2 amide bonds. The van der Waals surface area contributed by atoms with Crippen molar-refractivity contribution in [3.63, 3.8) is 0 Å². The Morgan fingerprint density at radius 3 is 2.60 bits per heavy atom. The van der Waals surface area contributed by atoms with Gasteiger partial charge in [-0.05, 0) is 18.8 Å². The van der Waals surface area contributed by atoms with Crippen LogP contribution in [-0.2, 0) is 14.3 Å². The summed E-state index contributed by atoms with van der Waals surface area (Å²) in [5.74, 6) is 0.224. The largest absolute Gasteiger partial charge is 0.385 e. The zero-order valence-electron chi connectivity index (χ0n) is 13.1. The first-order chi connectivity index (χ1) is 9.56. The van der Waals surface area contributed by atoms with Crippen LogP contribution >= 0.6 is 0 Å². The van der Waals surface area contributed by atoms with Crippen LogP contribution in [0.25, 0.3) is 0 Å². The number of ether oxygens (including phenoxy) is 1. The molecule has 1 aliphatic heterocycles. The van der Waals surface area contributed by atoms with Crippen molar-refractivity contribution in [3.8, 4) is 0 Å². The lowest BCUT2D eigenvalue weighted by molar-refractivity contribution is -0.151. The summed E-state index contributed by atoms with van der Waals surface area (Å²) in [7, 11) is 1.65. The van der Waals surface area contributed by atoms with Gasteiger partial charge in [-0.1, -0.05) is 33.6 Å². The van der Waals surface area contributed by atoms with Gasteiger partial charge < -0.3 is 15.0 Å². The molecule has 20 heavy (non-hydrogen) atoms. The summed E-state index contributed by atoms with van der Waals surface area (Å²) in [4.78, 5) is 26.7. The fourth-order valence-corrected chi connectivity index (χ4v) is 2.61. The molecule has 1 fully saturated rings. The number of hydrogen-bond acceptors (Lipinski definition) is 3. The second-order valence-electron chi connectivity index (χ2n) is 5.55. The lowest BCUT2D eigenvalue weighted by atomic mass is 9.93. The van der Waals surface area contributed by atoms with Crippen molar-refractivity contribution >= 4 is 11.8 Å². The highest BCUT2D eigenvalue weighted by molar-refractivity contribution is 5.97. The Hall–Kier alpha value is -1.10. The third-order valence-electron chi connectivity index (χ3n) is 4.05. The first kappa shape index (κ1) is 17.0. The molecule has 0 aromatic carbocycles. The molecule has 1 saturated heterocycles. The number of nitrogens with zero attached hydrogens (tertiary/aromatic N) is 1. The number of carbonyl (C=O) groups excluding carboxylic acids is 2. The van der Waals surface area contributed by atoms with E-state index >= 15 is 0 Å². The molecule has 0 bridgehead atoms. The van der Waals surface area contributed by atoms with Crippen LogP contribution in [0.1, 0.15) is 46.5 Å². The predicted molar refractivity (Wildman–Crippen MR) is 78.3 cm³/mol. The fraction of sp³-hybridized carbons (Fsp3) is 0.867. The summed E-state index contributed by atoms with van der Waals surface area (Å²) in [6.07, 6.45) is 3.25. The highest BCUT2D eigenvalue weighted by atomic mass is 16.5. The molecule has 1 aliphatic rings. The highest BCUT2D eigenvalue weighted by Crippen LogP contribution is 2.20. The van der Waals surface area contributed by atoms with E-state index in [1.807, 2.05) is 20.8 Å². The zero-order valence-corrected chi connectivity index (χ0v) is 13.1. The average Bonchev–Trinajstić information content (AvgIpc) is 2.44. The molecule has 1 heterocycles.